The third kappa shape index (κ3) is 1.21. The van der Waals surface area contributed by atoms with Crippen molar-refractivity contribution in [2.45, 2.75) is 49.8 Å². The molecule has 0 radical (unpaired) electrons. The van der Waals surface area contributed by atoms with E-state index in [0.717, 1.165) is 11.3 Å². The van der Waals surface area contributed by atoms with Crippen molar-refractivity contribution >= 4 is 18.5 Å². The van der Waals surface area contributed by atoms with Crippen molar-refractivity contribution in [3.05, 3.63) is 0 Å². The van der Waals surface area contributed by atoms with Crippen molar-refractivity contribution < 1.29 is 0 Å². The van der Waals surface area contributed by atoms with E-state index in [1.54, 1.807) is 0 Å². The quantitative estimate of drug-likeness (QED) is 0.563. The normalized spacial score (nSPS) is 28.2. The second-order valence-corrected chi connectivity index (χ2v) is 6.83. The van der Waals surface area contributed by atoms with Crippen LogP contribution < -0.4 is 0 Å². The van der Waals surface area contributed by atoms with Crippen LogP contribution >= 0.6 is 18.5 Å². The summed E-state index contributed by atoms with van der Waals surface area (Å²) in [6.07, 6.45) is 8.64. The molecule has 0 aromatic heterocycles. The summed E-state index contributed by atoms with van der Waals surface area (Å²) < 4.78 is 0. The zero-order valence-electron chi connectivity index (χ0n) is 6.22. The molecule has 2 rings (SSSR count). The standard InChI is InChI=1S/C8H14ClP/c9-10(7-3-1-4-7)8-5-2-6-8/h7-8H,1-6H2. The van der Waals surface area contributed by atoms with E-state index < -0.39 is 0 Å². The fourth-order valence-electron chi connectivity index (χ4n) is 1.56. The van der Waals surface area contributed by atoms with Gasteiger partial charge in [0.25, 0.3) is 0 Å². The SMILES string of the molecule is ClP(C1CCC1)C1CCC1. The van der Waals surface area contributed by atoms with Crippen molar-refractivity contribution in [2.24, 2.45) is 0 Å². The highest BCUT2D eigenvalue weighted by atomic mass is 35.7. The van der Waals surface area contributed by atoms with E-state index in [0.29, 0.717) is 0 Å². The minimum absolute atomic E-state index is 0.0574. The Morgan fingerprint density at radius 3 is 1.50 bits per heavy atom. The average Bonchev–Trinajstić information content (AvgIpc) is 1.52. The predicted octanol–water partition coefficient (Wildman–Crippen LogP) is 3.73. The third-order valence-corrected chi connectivity index (χ3v) is 6.93. The molecule has 2 saturated carbocycles. The van der Waals surface area contributed by atoms with E-state index in [-0.39, 0.29) is 7.27 Å². The Balaban J connectivity index is 1.79. The zero-order valence-corrected chi connectivity index (χ0v) is 7.87. The lowest BCUT2D eigenvalue weighted by Crippen LogP contribution is -2.23. The molecule has 10 heavy (non-hydrogen) atoms. The van der Waals surface area contributed by atoms with Gasteiger partial charge in [-0.15, -0.1) is 0 Å². The molecule has 2 aliphatic carbocycles. The van der Waals surface area contributed by atoms with Crippen molar-refractivity contribution in [3.8, 4) is 0 Å². The molecule has 0 heterocycles. The summed E-state index contributed by atoms with van der Waals surface area (Å²) in [6.45, 7) is 0. The summed E-state index contributed by atoms with van der Waals surface area (Å²) in [4.78, 5) is 0. The van der Waals surface area contributed by atoms with Gasteiger partial charge in [0, 0.05) is 0 Å². The van der Waals surface area contributed by atoms with E-state index in [9.17, 15) is 0 Å². The first-order chi connectivity index (χ1) is 4.88. The second-order valence-electron chi connectivity index (χ2n) is 3.51. The largest absolute Gasteiger partial charge is 0.0958 e. The van der Waals surface area contributed by atoms with Crippen LogP contribution in [0.15, 0.2) is 0 Å². The Hall–Kier alpha value is 0.720. The number of rotatable bonds is 2. The van der Waals surface area contributed by atoms with Gasteiger partial charge in [-0.3, -0.25) is 0 Å². The maximum atomic E-state index is 6.35. The number of hydrogen-bond acceptors (Lipinski definition) is 0. The van der Waals surface area contributed by atoms with E-state index in [2.05, 4.69) is 0 Å². The highest BCUT2D eigenvalue weighted by Gasteiger charge is 2.34. The monoisotopic (exact) mass is 176 g/mol. The first-order valence-corrected chi connectivity index (χ1v) is 6.70. The highest BCUT2D eigenvalue weighted by molar-refractivity contribution is 7.85. The first-order valence-electron chi connectivity index (χ1n) is 4.32. The lowest BCUT2D eigenvalue weighted by Gasteiger charge is -2.38. The number of hydrogen-bond donors (Lipinski definition) is 0. The van der Waals surface area contributed by atoms with Crippen molar-refractivity contribution in [3.63, 3.8) is 0 Å². The molecule has 2 fully saturated rings. The van der Waals surface area contributed by atoms with Crippen LogP contribution in [0.1, 0.15) is 38.5 Å². The van der Waals surface area contributed by atoms with Crippen LogP contribution in [0.5, 0.6) is 0 Å². The lowest BCUT2D eigenvalue weighted by atomic mass is 9.99. The summed E-state index contributed by atoms with van der Waals surface area (Å²) in [5.74, 6) is 0. The fraction of sp³-hybridized carbons (Fsp3) is 1.00. The molecule has 0 aliphatic heterocycles. The molecule has 0 unspecified atom stereocenters. The molecule has 0 nitrogen and oxygen atoms in total. The molecule has 0 spiro atoms. The average molecular weight is 177 g/mol. The maximum Gasteiger partial charge on any atom is -0.00339 e. The molecule has 58 valence electrons. The summed E-state index contributed by atoms with van der Waals surface area (Å²) in [5.41, 5.74) is 1.92. The molecule has 2 aliphatic rings. The molecule has 0 bridgehead atoms. The van der Waals surface area contributed by atoms with Crippen molar-refractivity contribution in [1.29, 1.82) is 0 Å². The van der Waals surface area contributed by atoms with Gasteiger partial charge >= 0.3 is 0 Å². The van der Waals surface area contributed by atoms with Gasteiger partial charge in [0.2, 0.25) is 0 Å². The van der Waals surface area contributed by atoms with E-state index in [4.69, 9.17) is 11.2 Å². The minimum Gasteiger partial charge on any atom is -0.0958 e. The Morgan fingerprint density at radius 2 is 1.30 bits per heavy atom. The molecule has 0 atom stereocenters. The van der Waals surface area contributed by atoms with Crippen LogP contribution in [0, 0.1) is 0 Å². The smallest absolute Gasteiger partial charge is 0.00339 e. The van der Waals surface area contributed by atoms with E-state index in [1.165, 1.54) is 38.5 Å². The predicted molar refractivity (Wildman–Crippen MR) is 48.1 cm³/mol. The Bertz CT molecular complexity index is 104. The topological polar surface area (TPSA) is 0 Å². The van der Waals surface area contributed by atoms with Gasteiger partial charge in [0.15, 0.2) is 0 Å². The van der Waals surface area contributed by atoms with Crippen LogP contribution in [0.3, 0.4) is 0 Å². The van der Waals surface area contributed by atoms with Gasteiger partial charge < -0.3 is 0 Å². The molecule has 0 saturated heterocycles. The Morgan fingerprint density at radius 1 is 0.900 bits per heavy atom. The minimum atomic E-state index is -0.0574. The first kappa shape index (κ1) is 7.37. The van der Waals surface area contributed by atoms with Crippen LogP contribution in [-0.2, 0) is 0 Å². The summed E-state index contributed by atoms with van der Waals surface area (Å²) in [7, 11) is -0.0574. The van der Waals surface area contributed by atoms with Gasteiger partial charge in [-0.2, -0.15) is 0 Å². The van der Waals surface area contributed by atoms with Gasteiger partial charge in [-0.05, 0) is 44.3 Å². The van der Waals surface area contributed by atoms with Gasteiger partial charge in [-0.25, -0.2) is 0 Å². The van der Waals surface area contributed by atoms with Crippen molar-refractivity contribution in [1.82, 2.24) is 0 Å². The van der Waals surface area contributed by atoms with Gasteiger partial charge in [0.1, 0.15) is 0 Å². The zero-order chi connectivity index (χ0) is 6.97. The van der Waals surface area contributed by atoms with E-state index in [1.807, 2.05) is 0 Å². The number of halogens is 1. The Kier molecular flexibility index (Phi) is 2.21. The second kappa shape index (κ2) is 2.99. The highest BCUT2D eigenvalue weighted by Crippen LogP contribution is 2.62. The van der Waals surface area contributed by atoms with Gasteiger partial charge in [0.05, 0.1) is 0 Å². The summed E-state index contributed by atoms with van der Waals surface area (Å²) in [6, 6.07) is 0. The van der Waals surface area contributed by atoms with Crippen molar-refractivity contribution in [2.75, 3.05) is 0 Å². The molecular weight excluding hydrogens is 163 g/mol. The fourth-order valence-corrected chi connectivity index (χ4v) is 5.05. The van der Waals surface area contributed by atoms with E-state index >= 15 is 0 Å². The van der Waals surface area contributed by atoms with Crippen LogP contribution in [0.25, 0.3) is 0 Å². The molecule has 0 N–H and O–H groups in total. The third-order valence-electron chi connectivity index (χ3n) is 2.85. The lowest BCUT2D eigenvalue weighted by molar-refractivity contribution is 0.481. The Labute approximate surface area is 68.9 Å². The molecule has 0 aromatic rings. The molecule has 2 heteroatoms. The maximum absolute atomic E-state index is 6.35. The molecule has 0 aromatic carbocycles. The van der Waals surface area contributed by atoms with Gasteiger partial charge in [-0.1, -0.05) is 24.1 Å². The van der Waals surface area contributed by atoms with Crippen LogP contribution in [0.4, 0.5) is 0 Å². The van der Waals surface area contributed by atoms with Crippen LogP contribution in [-0.4, -0.2) is 11.3 Å². The molecular formula is C8H14ClP. The van der Waals surface area contributed by atoms with Crippen LogP contribution in [0.2, 0.25) is 0 Å². The summed E-state index contributed by atoms with van der Waals surface area (Å²) >= 11 is 6.35. The summed E-state index contributed by atoms with van der Waals surface area (Å²) in [5, 5.41) is 0. The molecule has 0 amide bonds.